The number of benzene rings is 1. The molecule has 0 bridgehead atoms. The first kappa shape index (κ1) is 25.0. The molecule has 9 heteroatoms. The highest BCUT2D eigenvalue weighted by Crippen LogP contribution is 2.41. The van der Waals surface area contributed by atoms with Gasteiger partial charge in [0.2, 0.25) is 5.88 Å². The van der Waals surface area contributed by atoms with Crippen molar-refractivity contribution in [1.82, 2.24) is 20.6 Å². The second-order valence-corrected chi connectivity index (χ2v) is 10.5. The summed E-state index contributed by atoms with van der Waals surface area (Å²) in [7, 11) is 1.58. The van der Waals surface area contributed by atoms with Crippen LogP contribution in [0.1, 0.15) is 61.3 Å². The van der Waals surface area contributed by atoms with Crippen molar-refractivity contribution in [1.29, 1.82) is 0 Å². The Labute approximate surface area is 217 Å². The van der Waals surface area contributed by atoms with Crippen LogP contribution in [0.4, 0.5) is 9.59 Å². The summed E-state index contributed by atoms with van der Waals surface area (Å²) < 4.78 is 11.1. The number of rotatable bonds is 5. The maximum atomic E-state index is 12.9. The maximum absolute atomic E-state index is 12.9. The summed E-state index contributed by atoms with van der Waals surface area (Å²) in [6, 6.07) is 10.2. The normalized spacial score (nSPS) is 23.9. The Bertz CT molecular complexity index is 1200. The molecule has 2 N–H and O–H groups in total. The Morgan fingerprint density at radius 1 is 1.30 bits per heavy atom. The molecule has 0 radical (unpaired) electrons. The highest BCUT2D eigenvalue weighted by atomic mass is 16.6. The quantitative estimate of drug-likeness (QED) is 0.630. The lowest BCUT2D eigenvalue weighted by Gasteiger charge is -2.42. The van der Waals surface area contributed by atoms with Gasteiger partial charge >= 0.3 is 12.1 Å². The molecule has 3 aliphatic rings. The van der Waals surface area contributed by atoms with Crippen molar-refractivity contribution in [2.45, 2.75) is 70.6 Å². The van der Waals surface area contributed by atoms with Gasteiger partial charge in [0.25, 0.3) is 0 Å². The van der Waals surface area contributed by atoms with Crippen LogP contribution < -0.4 is 15.5 Å². The van der Waals surface area contributed by atoms with Crippen LogP contribution in [-0.4, -0.2) is 53.0 Å². The van der Waals surface area contributed by atoms with Gasteiger partial charge in [-0.25, -0.2) is 20.0 Å². The number of aromatic nitrogens is 1. The fourth-order valence-corrected chi connectivity index (χ4v) is 5.90. The first-order chi connectivity index (χ1) is 17.9. The number of nitrogens with zero attached hydrogens (tertiary/aromatic N) is 3. The van der Waals surface area contributed by atoms with Gasteiger partial charge in [0.1, 0.15) is 5.71 Å². The number of ether oxygens (including phenoxy) is 2. The first-order valence-electron chi connectivity index (χ1n) is 13.1. The summed E-state index contributed by atoms with van der Waals surface area (Å²) in [5, 5.41) is 7.62. The number of methoxy groups -OCH3 is 1. The Hall–Kier alpha value is -3.62. The zero-order chi connectivity index (χ0) is 26.0. The van der Waals surface area contributed by atoms with E-state index < -0.39 is 11.7 Å². The Balaban J connectivity index is 1.19. The van der Waals surface area contributed by atoms with Crippen molar-refractivity contribution < 1.29 is 19.1 Å². The molecule has 0 unspecified atom stereocenters. The lowest BCUT2D eigenvalue weighted by molar-refractivity contribution is 0.0154. The molecule has 9 nitrogen and oxygen atoms in total. The highest BCUT2D eigenvalue weighted by molar-refractivity contribution is 6.09. The van der Waals surface area contributed by atoms with Crippen LogP contribution in [0.2, 0.25) is 0 Å². The van der Waals surface area contributed by atoms with E-state index in [0.717, 1.165) is 43.4 Å². The number of nitrogens with one attached hydrogen (secondary N) is 2. The SMILES string of the molecule is COc1cc(C)c(C2=NNC(=O)OC23CCC(C[C@H](C)NC(=O)N2CCc4ccccc4C2)CC3)cn1. The molecule has 3 heterocycles. The molecule has 1 saturated carbocycles. The Morgan fingerprint density at radius 2 is 2.05 bits per heavy atom. The fourth-order valence-electron chi connectivity index (χ4n) is 5.90. The molecule has 196 valence electrons. The van der Waals surface area contributed by atoms with E-state index in [-0.39, 0.29) is 12.1 Å². The summed E-state index contributed by atoms with van der Waals surface area (Å²) in [6.45, 7) is 5.44. The van der Waals surface area contributed by atoms with Crippen molar-refractivity contribution >= 4 is 17.8 Å². The number of urea groups is 1. The number of carbonyl (C=O) groups excluding carboxylic acids is 2. The lowest BCUT2D eigenvalue weighted by atomic mass is 9.72. The van der Waals surface area contributed by atoms with Crippen LogP contribution >= 0.6 is 0 Å². The predicted molar refractivity (Wildman–Crippen MR) is 140 cm³/mol. The van der Waals surface area contributed by atoms with Crippen LogP contribution in [0, 0.1) is 12.8 Å². The number of fused-ring (bicyclic) bond motifs is 1. The molecule has 1 aromatic heterocycles. The standard InChI is InChI=1S/C28H35N5O4/c1-18-14-24(36-3)29-16-23(18)25-28(37-27(35)32-31-25)11-8-20(9-12-28)15-19(2)30-26(34)33-13-10-21-6-4-5-7-22(21)17-33/h4-7,14,16,19-20H,8-13,15,17H2,1-3H3,(H,30,34)(H,32,35)/t19-,20?,28?/m0/s1. The molecule has 5 rings (SSSR count). The molecule has 2 aliphatic heterocycles. The number of hydrogen-bond acceptors (Lipinski definition) is 6. The van der Waals surface area contributed by atoms with Gasteiger partial charge in [-0.05, 0) is 75.0 Å². The molecule has 1 fully saturated rings. The smallest absolute Gasteiger partial charge is 0.428 e. The van der Waals surface area contributed by atoms with Gasteiger partial charge in [-0.2, -0.15) is 5.10 Å². The molecule has 2 aromatic rings. The van der Waals surface area contributed by atoms with E-state index in [9.17, 15) is 9.59 Å². The van der Waals surface area contributed by atoms with Crippen LogP contribution in [0.5, 0.6) is 5.88 Å². The third-order valence-corrected chi connectivity index (χ3v) is 7.92. The molecular weight excluding hydrogens is 470 g/mol. The largest absolute Gasteiger partial charge is 0.481 e. The molecule has 1 spiro atoms. The maximum Gasteiger partial charge on any atom is 0.428 e. The minimum Gasteiger partial charge on any atom is -0.481 e. The van der Waals surface area contributed by atoms with E-state index >= 15 is 0 Å². The van der Waals surface area contributed by atoms with Gasteiger partial charge in [-0.1, -0.05) is 24.3 Å². The number of pyridine rings is 1. The van der Waals surface area contributed by atoms with Gasteiger partial charge in [0.15, 0.2) is 5.60 Å². The number of amides is 3. The van der Waals surface area contributed by atoms with Crippen LogP contribution in [0.3, 0.4) is 0 Å². The van der Waals surface area contributed by atoms with E-state index in [1.165, 1.54) is 11.1 Å². The minimum absolute atomic E-state index is 0.00142. The lowest BCUT2D eigenvalue weighted by Crippen LogP contribution is -2.53. The van der Waals surface area contributed by atoms with E-state index in [1.807, 2.05) is 24.0 Å². The summed E-state index contributed by atoms with van der Waals surface area (Å²) >= 11 is 0. The number of carbonyl (C=O) groups is 2. The molecule has 37 heavy (non-hydrogen) atoms. The molecule has 0 saturated heterocycles. The van der Waals surface area contributed by atoms with E-state index in [0.29, 0.717) is 36.9 Å². The third-order valence-electron chi connectivity index (χ3n) is 7.92. The van der Waals surface area contributed by atoms with Gasteiger partial charge in [-0.3, -0.25) is 0 Å². The average Bonchev–Trinajstić information content (AvgIpc) is 2.90. The topological polar surface area (TPSA) is 105 Å². The summed E-state index contributed by atoms with van der Waals surface area (Å²) in [5.41, 5.74) is 6.79. The Kier molecular flexibility index (Phi) is 7.04. The second-order valence-electron chi connectivity index (χ2n) is 10.5. The van der Waals surface area contributed by atoms with Crippen LogP contribution in [-0.2, 0) is 17.7 Å². The van der Waals surface area contributed by atoms with Gasteiger partial charge in [0.05, 0.1) is 7.11 Å². The first-order valence-corrected chi connectivity index (χ1v) is 13.1. The third kappa shape index (κ3) is 5.26. The minimum atomic E-state index is -0.770. The summed E-state index contributed by atoms with van der Waals surface area (Å²) in [6.07, 6.45) is 6.11. The summed E-state index contributed by atoms with van der Waals surface area (Å²) in [4.78, 5) is 31.4. The average molecular weight is 506 g/mol. The van der Waals surface area contributed by atoms with E-state index in [1.54, 1.807) is 13.3 Å². The Morgan fingerprint density at radius 3 is 2.78 bits per heavy atom. The zero-order valence-corrected chi connectivity index (χ0v) is 21.8. The van der Waals surface area contributed by atoms with E-state index in [4.69, 9.17) is 9.47 Å². The number of hydrazone groups is 1. The van der Waals surface area contributed by atoms with Crippen molar-refractivity contribution in [2.75, 3.05) is 13.7 Å². The molecule has 1 aromatic carbocycles. The van der Waals surface area contributed by atoms with Crippen LogP contribution in [0.15, 0.2) is 41.6 Å². The number of aryl methyl sites for hydroxylation is 1. The monoisotopic (exact) mass is 505 g/mol. The second kappa shape index (κ2) is 10.4. The fraction of sp³-hybridized carbons (Fsp3) is 0.500. The molecule has 3 amide bonds. The number of hydrogen-bond donors (Lipinski definition) is 2. The zero-order valence-electron chi connectivity index (χ0n) is 21.8. The van der Waals surface area contributed by atoms with Crippen molar-refractivity contribution in [3.8, 4) is 5.88 Å². The van der Waals surface area contributed by atoms with Crippen molar-refractivity contribution in [3.63, 3.8) is 0 Å². The van der Waals surface area contributed by atoms with Gasteiger partial charge < -0.3 is 19.7 Å². The molecule has 1 atom stereocenters. The van der Waals surface area contributed by atoms with Gasteiger partial charge in [0, 0.05) is 37.0 Å². The molecule has 1 aliphatic carbocycles. The molecular formula is C28H35N5O4. The predicted octanol–water partition coefficient (Wildman–Crippen LogP) is 4.32. The van der Waals surface area contributed by atoms with Crippen molar-refractivity contribution in [3.05, 3.63) is 58.8 Å². The van der Waals surface area contributed by atoms with E-state index in [2.05, 4.69) is 46.0 Å². The van der Waals surface area contributed by atoms with Gasteiger partial charge in [-0.15, -0.1) is 0 Å². The highest BCUT2D eigenvalue weighted by Gasteiger charge is 2.47. The van der Waals surface area contributed by atoms with Crippen molar-refractivity contribution in [2.24, 2.45) is 11.0 Å². The summed E-state index contributed by atoms with van der Waals surface area (Å²) in [5.74, 6) is 0.957. The van der Waals surface area contributed by atoms with Crippen LogP contribution in [0.25, 0.3) is 0 Å².